The van der Waals surface area contributed by atoms with Gasteiger partial charge in [-0.2, -0.15) is 0 Å². The Morgan fingerprint density at radius 1 is 1.18 bits per heavy atom. The van der Waals surface area contributed by atoms with Crippen LogP contribution in [0.1, 0.15) is 52.5 Å². The van der Waals surface area contributed by atoms with Crippen LogP contribution in [0.5, 0.6) is 5.75 Å². The van der Waals surface area contributed by atoms with E-state index in [1.807, 2.05) is 6.92 Å². The van der Waals surface area contributed by atoms with Crippen LogP contribution in [0.25, 0.3) is 0 Å². The molecular weight excluding hydrogens is 495 g/mol. The number of nitrogens with one attached hydrogen (secondary N) is 1. The number of anilines is 1. The van der Waals surface area contributed by atoms with Gasteiger partial charge in [-0.1, -0.05) is 26.0 Å². The molecule has 0 saturated heterocycles. The lowest BCUT2D eigenvalue weighted by Gasteiger charge is -2.30. The van der Waals surface area contributed by atoms with Gasteiger partial charge in [0.1, 0.15) is 6.10 Å². The van der Waals surface area contributed by atoms with E-state index >= 15 is 0 Å². The fourth-order valence-corrected chi connectivity index (χ4v) is 5.08. The molecule has 38 heavy (non-hydrogen) atoms. The molecule has 1 aromatic carbocycles. The van der Waals surface area contributed by atoms with Gasteiger partial charge in [0.25, 0.3) is 5.91 Å². The number of benzene rings is 1. The van der Waals surface area contributed by atoms with Gasteiger partial charge in [-0.15, -0.1) is 0 Å². The third kappa shape index (κ3) is 8.54. The second-order valence-corrected chi connectivity index (χ2v) is 10.4. The summed E-state index contributed by atoms with van der Waals surface area (Å²) in [5.74, 6) is -3.51. The first-order valence-corrected chi connectivity index (χ1v) is 12.9. The van der Waals surface area contributed by atoms with Gasteiger partial charge in [-0.3, -0.25) is 4.79 Å². The van der Waals surface area contributed by atoms with E-state index in [2.05, 4.69) is 5.32 Å². The summed E-state index contributed by atoms with van der Waals surface area (Å²) in [6, 6.07) is 2.61. The van der Waals surface area contributed by atoms with Crippen molar-refractivity contribution in [3.05, 3.63) is 46.8 Å². The number of carbonyl (C=O) groups is 2. The molecule has 9 nitrogen and oxygen atoms in total. The van der Waals surface area contributed by atoms with Gasteiger partial charge < -0.3 is 36.2 Å². The minimum Gasteiger partial charge on any atom is -0.505 e. The van der Waals surface area contributed by atoms with Crippen LogP contribution >= 0.6 is 0 Å². The minimum absolute atomic E-state index is 0.188. The first kappa shape index (κ1) is 31.3. The zero-order valence-corrected chi connectivity index (χ0v) is 22.5. The number of aliphatic hydroxyl groups excluding tert-OH is 3. The van der Waals surface area contributed by atoms with Gasteiger partial charge in [0.05, 0.1) is 6.10 Å². The largest absolute Gasteiger partial charge is 0.505 e. The van der Waals surface area contributed by atoms with Crippen LogP contribution in [0.2, 0.25) is 0 Å². The fourth-order valence-electron chi connectivity index (χ4n) is 5.08. The monoisotopic (exact) mass is 536 g/mol. The molecule has 2 amide bonds. The molecule has 10 heteroatoms. The van der Waals surface area contributed by atoms with Crippen LogP contribution in [0.15, 0.2) is 35.4 Å². The third-order valence-electron chi connectivity index (χ3n) is 7.14. The number of phenols is 1. The lowest BCUT2D eigenvalue weighted by atomic mass is 9.82. The van der Waals surface area contributed by atoms with Crippen molar-refractivity contribution in [2.75, 3.05) is 18.5 Å². The van der Waals surface area contributed by atoms with Gasteiger partial charge in [0.15, 0.2) is 11.6 Å². The number of aromatic hydroxyl groups is 1. The zero-order valence-electron chi connectivity index (χ0n) is 22.5. The summed E-state index contributed by atoms with van der Waals surface area (Å²) in [6.45, 7) is 6.32. The van der Waals surface area contributed by atoms with E-state index in [1.54, 1.807) is 32.9 Å². The molecule has 0 fully saturated rings. The summed E-state index contributed by atoms with van der Waals surface area (Å²) in [5, 5.41) is 43.9. The number of hydrogen-bond acceptors (Lipinski definition) is 7. The number of phenolic OH excluding ortho intramolecular Hbond substituents is 1. The van der Waals surface area contributed by atoms with Crippen LogP contribution in [-0.4, -0.2) is 57.8 Å². The van der Waals surface area contributed by atoms with E-state index in [1.165, 1.54) is 6.07 Å². The number of hydrogen-bond donors (Lipinski definition) is 6. The highest BCUT2D eigenvalue weighted by Crippen LogP contribution is 2.31. The highest BCUT2D eigenvalue weighted by atomic mass is 19.1. The number of ether oxygens (including phenoxy) is 1. The zero-order chi connectivity index (χ0) is 28.6. The van der Waals surface area contributed by atoms with Crippen LogP contribution in [0.4, 0.5) is 14.9 Å². The van der Waals surface area contributed by atoms with E-state index in [-0.39, 0.29) is 36.8 Å². The highest BCUT2D eigenvalue weighted by Gasteiger charge is 2.29. The van der Waals surface area contributed by atoms with Crippen LogP contribution < -0.4 is 11.1 Å². The number of fused-ring (bicyclic) bond motifs is 2. The number of primary amides is 1. The summed E-state index contributed by atoms with van der Waals surface area (Å²) in [4.78, 5) is 24.4. The van der Waals surface area contributed by atoms with Gasteiger partial charge in [0, 0.05) is 48.3 Å². The third-order valence-corrected chi connectivity index (χ3v) is 7.14. The summed E-state index contributed by atoms with van der Waals surface area (Å²) >= 11 is 0. The Morgan fingerprint density at radius 2 is 1.84 bits per heavy atom. The SMILES string of the molecule is CC1=CCC[C@H](CO)[C@@H](OC(N)=O)C(C)=C[C@H](C)[C@@H](O)[C@@H](CO)C[C@H](C)Cc2cc(cc(O)c2F)NC1=O. The normalized spacial score (nSPS) is 28.2. The minimum atomic E-state index is -1.00. The molecule has 2 rings (SSSR count). The first-order chi connectivity index (χ1) is 17.9. The maximum Gasteiger partial charge on any atom is 0.405 e. The Kier molecular flexibility index (Phi) is 11.7. The average molecular weight is 537 g/mol. The second-order valence-electron chi connectivity index (χ2n) is 10.4. The summed E-state index contributed by atoms with van der Waals surface area (Å²) in [6.07, 6.45) is 1.89. The summed E-state index contributed by atoms with van der Waals surface area (Å²) < 4.78 is 20.0. The molecule has 1 aliphatic heterocycles. The molecule has 7 N–H and O–H groups in total. The Bertz CT molecular complexity index is 1040. The number of nitrogens with two attached hydrogens (primary N) is 1. The molecule has 1 aromatic rings. The summed E-state index contributed by atoms with van der Waals surface area (Å²) in [5.41, 5.74) is 6.70. The Labute approximate surface area is 223 Å². The Morgan fingerprint density at radius 3 is 2.45 bits per heavy atom. The Hall–Kier alpha value is -2.95. The lowest BCUT2D eigenvalue weighted by Crippen LogP contribution is -2.34. The summed E-state index contributed by atoms with van der Waals surface area (Å²) in [7, 11) is 0. The predicted octanol–water partition coefficient (Wildman–Crippen LogP) is 3.40. The fraction of sp³-hybridized carbons (Fsp3) is 0.571. The van der Waals surface area contributed by atoms with E-state index in [9.17, 15) is 34.4 Å². The van der Waals surface area contributed by atoms with Gasteiger partial charge in [0.2, 0.25) is 0 Å². The predicted molar refractivity (Wildman–Crippen MR) is 142 cm³/mol. The van der Waals surface area contributed by atoms with Crippen molar-refractivity contribution >= 4 is 17.7 Å². The van der Waals surface area contributed by atoms with Gasteiger partial charge in [-0.05, 0) is 62.7 Å². The van der Waals surface area contributed by atoms with Crippen molar-refractivity contribution in [1.29, 1.82) is 0 Å². The maximum absolute atomic E-state index is 14.7. The highest BCUT2D eigenvalue weighted by molar-refractivity contribution is 6.03. The number of allylic oxidation sites excluding steroid dienone is 1. The van der Waals surface area contributed by atoms with Gasteiger partial charge >= 0.3 is 6.09 Å². The standard InChI is InChI=1S/C28H41FN2O7/c1-15-8-20-11-22(12-23(34)24(20)29)31-27(36)16(2)6-5-7-19(13-32)26(38-28(30)37)18(4)10-17(3)25(35)21(9-15)14-33/h6,10-12,15,17,19,21,25-26,32-35H,5,7-9,13-14H2,1-4H3,(H2,30,37)(H,31,36)/t15-,17+,19-,21-,25-,26+/m1/s1. The van der Waals surface area contributed by atoms with E-state index < -0.39 is 53.5 Å². The number of amides is 2. The molecule has 6 atom stereocenters. The number of aliphatic hydroxyl groups is 3. The van der Waals surface area contributed by atoms with Crippen LogP contribution in [0, 0.1) is 29.5 Å². The van der Waals surface area contributed by atoms with E-state index in [0.717, 1.165) is 6.07 Å². The van der Waals surface area contributed by atoms with Crippen molar-refractivity contribution in [3.8, 4) is 5.75 Å². The van der Waals surface area contributed by atoms with Crippen molar-refractivity contribution in [1.82, 2.24) is 0 Å². The maximum atomic E-state index is 14.7. The molecule has 1 aliphatic rings. The van der Waals surface area contributed by atoms with Crippen molar-refractivity contribution in [2.24, 2.45) is 29.4 Å². The molecule has 0 saturated carbocycles. The van der Waals surface area contributed by atoms with Crippen molar-refractivity contribution < 1.29 is 39.1 Å². The topological polar surface area (TPSA) is 162 Å². The molecular formula is C28H41FN2O7. The van der Waals surface area contributed by atoms with Crippen LogP contribution in [-0.2, 0) is 16.0 Å². The number of halogens is 1. The smallest absolute Gasteiger partial charge is 0.405 e. The number of carbonyl (C=O) groups excluding carboxylic acids is 2. The van der Waals surface area contributed by atoms with Crippen molar-refractivity contribution in [2.45, 2.75) is 65.6 Å². The molecule has 0 radical (unpaired) electrons. The average Bonchev–Trinajstić information content (AvgIpc) is 2.85. The van der Waals surface area contributed by atoms with E-state index in [0.29, 0.717) is 30.4 Å². The molecule has 1 heterocycles. The molecule has 0 aromatic heterocycles. The molecule has 0 spiro atoms. The Balaban J connectivity index is 2.51. The number of rotatable bonds is 3. The van der Waals surface area contributed by atoms with E-state index in [4.69, 9.17) is 10.5 Å². The second kappa shape index (κ2) is 14.3. The molecule has 2 bridgehead atoms. The molecule has 0 unspecified atom stereocenters. The molecule has 0 aliphatic carbocycles. The lowest BCUT2D eigenvalue weighted by molar-refractivity contribution is -0.112. The quantitative estimate of drug-likeness (QED) is 0.323. The van der Waals surface area contributed by atoms with Gasteiger partial charge in [-0.25, -0.2) is 9.18 Å². The van der Waals surface area contributed by atoms with Crippen molar-refractivity contribution in [3.63, 3.8) is 0 Å². The van der Waals surface area contributed by atoms with Crippen LogP contribution in [0.3, 0.4) is 0 Å². The first-order valence-electron chi connectivity index (χ1n) is 12.9. The molecule has 212 valence electrons.